The molecule has 1 unspecified atom stereocenters. The molecule has 6 heteroatoms. The first-order valence-corrected chi connectivity index (χ1v) is 9.69. The molecule has 1 N–H and O–H groups in total. The zero-order valence-corrected chi connectivity index (χ0v) is 16.0. The van der Waals surface area contributed by atoms with Gasteiger partial charge in [-0.2, -0.15) is 4.98 Å². The van der Waals surface area contributed by atoms with Gasteiger partial charge in [0.2, 0.25) is 5.89 Å². The number of carbonyl (C=O) groups is 1. The first kappa shape index (κ1) is 17.0. The molecule has 142 valence electrons. The molecule has 5 rings (SSSR count). The number of carbonyl (C=O) groups excluding carboxylic acids is 1. The van der Waals surface area contributed by atoms with E-state index in [1.54, 1.807) is 4.90 Å². The van der Waals surface area contributed by atoms with Crippen LogP contribution in [0.3, 0.4) is 0 Å². The van der Waals surface area contributed by atoms with Gasteiger partial charge in [0.15, 0.2) is 5.82 Å². The van der Waals surface area contributed by atoms with E-state index in [0.29, 0.717) is 18.2 Å². The molecule has 28 heavy (non-hydrogen) atoms. The topological polar surface area (TPSA) is 71.3 Å². The van der Waals surface area contributed by atoms with Crippen molar-refractivity contribution in [3.05, 3.63) is 70.9 Å². The summed E-state index contributed by atoms with van der Waals surface area (Å²) in [6.45, 7) is 4.04. The Morgan fingerprint density at radius 2 is 2.00 bits per heavy atom. The zero-order valence-electron chi connectivity index (χ0n) is 16.0. The van der Waals surface area contributed by atoms with E-state index in [0.717, 1.165) is 41.2 Å². The van der Waals surface area contributed by atoms with Crippen molar-refractivity contribution in [1.82, 2.24) is 10.1 Å². The van der Waals surface area contributed by atoms with Gasteiger partial charge in [0.05, 0.1) is 0 Å². The Morgan fingerprint density at radius 1 is 1.18 bits per heavy atom. The smallest absolute Gasteiger partial charge is 0.327 e. The first-order chi connectivity index (χ1) is 13.6. The number of rotatable bonds is 3. The van der Waals surface area contributed by atoms with Gasteiger partial charge in [-0.25, -0.2) is 4.79 Å². The van der Waals surface area contributed by atoms with Crippen molar-refractivity contribution in [3.63, 3.8) is 0 Å². The fourth-order valence-electron chi connectivity index (χ4n) is 3.85. The summed E-state index contributed by atoms with van der Waals surface area (Å²) in [5.74, 6) is 1.69. The number of anilines is 2. The Morgan fingerprint density at radius 3 is 2.79 bits per heavy atom. The first-order valence-electron chi connectivity index (χ1n) is 9.69. The van der Waals surface area contributed by atoms with Gasteiger partial charge in [-0.1, -0.05) is 41.1 Å². The third-order valence-corrected chi connectivity index (χ3v) is 5.50. The molecule has 3 aromatic rings. The van der Waals surface area contributed by atoms with E-state index in [4.69, 9.17) is 4.52 Å². The van der Waals surface area contributed by atoms with Crippen molar-refractivity contribution in [3.8, 4) is 0 Å². The molecule has 1 aliphatic heterocycles. The number of nitrogens with zero attached hydrogens (tertiary/aromatic N) is 3. The monoisotopic (exact) mass is 374 g/mol. The normalized spacial score (nSPS) is 18.2. The van der Waals surface area contributed by atoms with Gasteiger partial charge in [-0.3, -0.25) is 4.90 Å². The minimum atomic E-state index is -0.289. The number of benzene rings is 2. The van der Waals surface area contributed by atoms with E-state index in [1.807, 2.05) is 50.2 Å². The summed E-state index contributed by atoms with van der Waals surface area (Å²) in [4.78, 5) is 19.6. The van der Waals surface area contributed by atoms with E-state index >= 15 is 0 Å². The molecule has 1 fully saturated rings. The lowest BCUT2D eigenvalue weighted by molar-refractivity contribution is 0.253. The Bertz CT molecular complexity index is 1050. The maximum absolute atomic E-state index is 13.3. The van der Waals surface area contributed by atoms with E-state index in [-0.39, 0.29) is 12.1 Å². The molecular weight excluding hydrogens is 352 g/mol. The van der Waals surface area contributed by atoms with E-state index in [9.17, 15) is 4.79 Å². The van der Waals surface area contributed by atoms with Crippen LogP contribution >= 0.6 is 0 Å². The third kappa shape index (κ3) is 2.95. The average Bonchev–Trinajstić information content (AvgIpc) is 3.28. The number of aryl methyl sites for hydroxylation is 2. The van der Waals surface area contributed by atoms with Crippen LogP contribution in [-0.2, 0) is 6.42 Å². The minimum absolute atomic E-state index is 0.187. The summed E-state index contributed by atoms with van der Waals surface area (Å²) in [7, 11) is 0. The number of urea groups is 1. The van der Waals surface area contributed by atoms with Crippen LogP contribution in [0.1, 0.15) is 53.2 Å². The standard InChI is InChI=1S/C22H22N4O2/c1-13-7-10-17(14(2)11-13)23-22(27)26-18-6-4-3-5-16(18)12-19(26)21-24-20(25-28-21)15-8-9-15/h3-7,10-11,15,19H,8-9,12H2,1-2H3,(H,23,27). The molecule has 2 aliphatic rings. The zero-order chi connectivity index (χ0) is 19.3. The highest BCUT2D eigenvalue weighted by Gasteiger charge is 2.39. The van der Waals surface area contributed by atoms with Gasteiger partial charge in [0, 0.05) is 23.7 Å². The molecular formula is C22H22N4O2. The summed E-state index contributed by atoms with van der Waals surface area (Å²) < 4.78 is 5.57. The Hall–Kier alpha value is -3.15. The van der Waals surface area contributed by atoms with Crippen LogP contribution in [0.25, 0.3) is 0 Å². The van der Waals surface area contributed by atoms with Crippen LogP contribution in [0.15, 0.2) is 47.0 Å². The lowest BCUT2D eigenvalue weighted by Crippen LogP contribution is -2.36. The molecule has 1 aliphatic carbocycles. The molecule has 0 spiro atoms. The summed E-state index contributed by atoms with van der Waals surface area (Å²) in [6.07, 6.45) is 2.89. The number of nitrogens with one attached hydrogen (secondary N) is 1. The number of para-hydroxylation sites is 1. The van der Waals surface area contributed by atoms with Crippen molar-refractivity contribution in [2.75, 3.05) is 10.2 Å². The van der Waals surface area contributed by atoms with Crippen LogP contribution in [0.2, 0.25) is 0 Å². The average molecular weight is 374 g/mol. The molecule has 0 bridgehead atoms. The quantitative estimate of drug-likeness (QED) is 0.708. The fourth-order valence-corrected chi connectivity index (χ4v) is 3.85. The molecule has 0 saturated heterocycles. The van der Waals surface area contributed by atoms with Gasteiger partial charge in [-0.05, 0) is 49.9 Å². The molecule has 1 aromatic heterocycles. The van der Waals surface area contributed by atoms with E-state index < -0.39 is 0 Å². The summed E-state index contributed by atoms with van der Waals surface area (Å²) in [6, 6.07) is 13.5. The number of aromatic nitrogens is 2. The van der Waals surface area contributed by atoms with Crippen molar-refractivity contribution in [1.29, 1.82) is 0 Å². The lowest BCUT2D eigenvalue weighted by atomic mass is 10.1. The molecule has 2 aromatic carbocycles. The van der Waals surface area contributed by atoms with E-state index in [1.165, 1.54) is 5.56 Å². The van der Waals surface area contributed by atoms with Gasteiger partial charge < -0.3 is 9.84 Å². The predicted molar refractivity (Wildman–Crippen MR) is 107 cm³/mol. The molecule has 2 amide bonds. The fraction of sp³-hybridized carbons (Fsp3) is 0.318. The maximum atomic E-state index is 13.3. The molecule has 0 radical (unpaired) electrons. The van der Waals surface area contributed by atoms with Crippen molar-refractivity contribution >= 4 is 17.4 Å². The summed E-state index contributed by atoms with van der Waals surface area (Å²) in [5, 5.41) is 7.20. The molecule has 6 nitrogen and oxygen atoms in total. The highest BCUT2D eigenvalue weighted by atomic mass is 16.5. The van der Waals surface area contributed by atoms with Gasteiger partial charge >= 0.3 is 6.03 Å². The lowest BCUT2D eigenvalue weighted by Gasteiger charge is -2.24. The maximum Gasteiger partial charge on any atom is 0.327 e. The van der Waals surface area contributed by atoms with Crippen LogP contribution in [0.5, 0.6) is 0 Å². The Labute approximate surface area is 163 Å². The summed E-state index contributed by atoms with van der Waals surface area (Å²) in [5.41, 5.74) is 5.00. The number of amides is 2. The highest BCUT2D eigenvalue weighted by Crippen LogP contribution is 2.42. The minimum Gasteiger partial charge on any atom is -0.337 e. The molecule has 1 atom stereocenters. The van der Waals surface area contributed by atoms with Crippen molar-refractivity contribution in [2.45, 2.75) is 45.1 Å². The number of fused-ring (bicyclic) bond motifs is 1. The number of hydrogen-bond donors (Lipinski definition) is 1. The Kier molecular flexibility index (Phi) is 3.93. The second kappa shape index (κ2) is 6.48. The number of hydrogen-bond acceptors (Lipinski definition) is 4. The highest BCUT2D eigenvalue weighted by molar-refractivity contribution is 6.04. The second-order valence-corrected chi connectivity index (χ2v) is 7.73. The predicted octanol–water partition coefficient (Wildman–Crippen LogP) is 4.90. The van der Waals surface area contributed by atoms with Crippen LogP contribution < -0.4 is 10.2 Å². The van der Waals surface area contributed by atoms with Crippen molar-refractivity contribution < 1.29 is 9.32 Å². The van der Waals surface area contributed by atoms with Crippen LogP contribution in [-0.4, -0.2) is 16.2 Å². The van der Waals surface area contributed by atoms with E-state index in [2.05, 4.69) is 21.5 Å². The summed E-state index contributed by atoms with van der Waals surface area (Å²) >= 11 is 0. The molecule has 1 saturated carbocycles. The third-order valence-electron chi connectivity index (χ3n) is 5.50. The SMILES string of the molecule is Cc1ccc(NC(=O)N2c3ccccc3CC2c2nc(C3CC3)no2)c(C)c1. The van der Waals surface area contributed by atoms with Crippen LogP contribution in [0, 0.1) is 13.8 Å². The molecule has 2 heterocycles. The van der Waals surface area contributed by atoms with Gasteiger partial charge in [0.1, 0.15) is 6.04 Å². The Balaban J connectivity index is 1.48. The van der Waals surface area contributed by atoms with Crippen LogP contribution in [0.4, 0.5) is 16.2 Å². The van der Waals surface area contributed by atoms with Gasteiger partial charge in [-0.15, -0.1) is 0 Å². The van der Waals surface area contributed by atoms with Crippen molar-refractivity contribution in [2.24, 2.45) is 0 Å². The second-order valence-electron chi connectivity index (χ2n) is 7.73. The van der Waals surface area contributed by atoms with Gasteiger partial charge in [0.25, 0.3) is 0 Å². The largest absolute Gasteiger partial charge is 0.337 e.